The highest BCUT2D eigenvalue weighted by atomic mass is 14.2. The van der Waals surface area contributed by atoms with Crippen molar-refractivity contribution in [2.24, 2.45) is 5.92 Å². The topological polar surface area (TPSA) is 0 Å². The van der Waals surface area contributed by atoms with Crippen LogP contribution < -0.4 is 0 Å². The largest absolute Gasteiger partial charge is 0.0982 e. The molecular weight excluding hydrogens is 240 g/mol. The first-order valence-corrected chi connectivity index (χ1v) is 9.06. The fraction of sp³-hybridized carbons (Fsp3) is 0.800. The molecule has 0 N–H and O–H groups in total. The quantitative estimate of drug-likeness (QED) is 0.309. The zero-order chi connectivity index (χ0) is 14.5. The Balaban J connectivity index is 2.06. The second-order valence-electron chi connectivity index (χ2n) is 6.31. The summed E-state index contributed by atoms with van der Waals surface area (Å²) in [7, 11) is 0. The minimum atomic E-state index is 0.833. The summed E-state index contributed by atoms with van der Waals surface area (Å²) in [6.07, 6.45) is 19.9. The van der Waals surface area contributed by atoms with Gasteiger partial charge in [0.2, 0.25) is 0 Å². The highest BCUT2D eigenvalue weighted by Crippen LogP contribution is 2.27. The van der Waals surface area contributed by atoms with Crippen molar-refractivity contribution in [2.75, 3.05) is 0 Å². The van der Waals surface area contributed by atoms with E-state index in [1.165, 1.54) is 82.6 Å². The van der Waals surface area contributed by atoms with Crippen molar-refractivity contribution in [1.82, 2.24) is 0 Å². The number of allylic oxidation sites excluding steroid dienone is 2. The Morgan fingerprint density at radius 2 is 1.65 bits per heavy atom. The first kappa shape index (κ1) is 17.4. The summed E-state index contributed by atoms with van der Waals surface area (Å²) in [6.45, 7) is 4.56. The maximum atomic E-state index is 3.42. The molecule has 0 aromatic rings. The molecule has 114 valence electrons. The molecule has 0 fully saturated rings. The van der Waals surface area contributed by atoms with Gasteiger partial charge in [0, 0.05) is 6.42 Å². The predicted octanol–water partition coefficient (Wildman–Crippen LogP) is 6.66. The van der Waals surface area contributed by atoms with Crippen molar-refractivity contribution >= 4 is 0 Å². The van der Waals surface area contributed by atoms with Crippen LogP contribution in [-0.2, 0) is 0 Å². The number of rotatable bonds is 10. The Morgan fingerprint density at radius 1 is 0.950 bits per heavy atom. The van der Waals surface area contributed by atoms with Crippen LogP contribution in [0.3, 0.4) is 0 Å². The highest BCUT2D eigenvalue weighted by molar-refractivity contribution is 5.32. The molecule has 0 bridgehead atoms. The SMILES string of the molecule is CCCCCCCCC#CC1=CC(CCCCC)CC1. The number of hydrogen-bond donors (Lipinski definition) is 0. The Morgan fingerprint density at radius 3 is 2.45 bits per heavy atom. The normalized spacial score (nSPS) is 17.7. The summed E-state index contributed by atoms with van der Waals surface area (Å²) in [6, 6.07) is 0. The van der Waals surface area contributed by atoms with Gasteiger partial charge in [0.05, 0.1) is 0 Å². The monoisotopic (exact) mass is 274 g/mol. The van der Waals surface area contributed by atoms with E-state index >= 15 is 0 Å². The molecule has 0 amide bonds. The van der Waals surface area contributed by atoms with Crippen LogP contribution in [0.4, 0.5) is 0 Å². The molecule has 0 heterocycles. The lowest BCUT2D eigenvalue weighted by atomic mass is 10.0. The van der Waals surface area contributed by atoms with E-state index in [-0.39, 0.29) is 0 Å². The summed E-state index contributed by atoms with van der Waals surface area (Å²) >= 11 is 0. The average molecular weight is 274 g/mol. The molecule has 0 aromatic carbocycles. The second kappa shape index (κ2) is 12.1. The molecule has 0 aliphatic heterocycles. The smallest absolute Gasteiger partial charge is 0.00923 e. The van der Waals surface area contributed by atoms with Crippen molar-refractivity contribution in [2.45, 2.75) is 97.3 Å². The third-order valence-corrected chi connectivity index (χ3v) is 4.30. The van der Waals surface area contributed by atoms with Crippen LogP contribution in [0.15, 0.2) is 11.6 Å². The fourth-order valence-corrected chi connectivity index (χ4v) is 2.95. The molecule has 1 aliphatic carbocycles. The zero-order valence-corrected chi connectivity index (χ0v) is 13.8. The van der Waals surface area contributed by atoms with E-state index in [0.29, 0.717) is 0 Å². The molecule has 0 aromatic heterocycles. The minimum absolute atomic E-state index is 0.833. The summed E-state index contributed by atoms with van der Waals surface area (Å²) < 4.78 is 0. The predicted molar refractivity (Wildman–Crippen MR) is 90.7 cm³/mol. The van der Waals surface area contributed by atoms with Crippen molar-refractivity contribution in [1.29, 1.82) is 0 Å². The van der Waals surface area contributed by atoms with Crippen LogP contribution in [0, 0.1) is 17.8 Å². The van der Waals surface area contributed by atoms with Gasteiger partial charge in [0.1, 0.15) is 0 Å². The van der Waals surface area contributed by atoms with Crippen molar-refractivity contribution in [3.8, 4) is 11.8 Å². The summed E-state index contributed by atoms with van der Waals surface area (Å²) in [5.41, 5.74) is 1.43. The molecule has 1 aliphatic rings. The zero-order valence-electron chi connectivity index (χ0n) is 13.8. The summed E-state index contributed by atoms with van der Waals surface area (Å²) in [5, 5.41) is 0. The van der Waals surface area contributed by atoms with E-state index in [2.05, 4.69) is 31.8 Å². The van der Waals surface area contributed by atoms with Gasteiger partial charge >= 0.3 is 0 Å². The fourth-order valence-electron chi connectivity index (χ4n) is 2.95. The van der Waals surface area contributed by atoms with Crippen LogP contribution in [0.2, 0.25) is 0 Å². The van der Waals surface area contributed by atoms with Gasteiger partial charge in [0.15, 0.2) is 0 Å². The molecule has 0 saturated carbocycles. The van der Waals surface area contributed by atoms with Crippen LogP contribution in [0.5, 0.6) is 0 Å². The van der Waals surface area contributed by atoms with E-state index in [9.17, 15) is 0 Å². The van der Waals surface area contributed by atoms with Crippen LogP contribution in [-0.4, -0.2) is 0 Å². The van der Waals surface area contributed by atoms with Gasteiger partial charge in [-0.3, -0.25) is 0 Å². The molecule has 1 unspecified atom stereocenters. The van der Waals surface area contributed by atoms with Gasteiger partial charge in [-0.2, -0.15) is 0 Å². The van der Waals surface area contributed by atoms with Crippen molar-refractivity contribution in [3.63, 3.8) is 0 Å². The van der Waals surface area contributed by atoms with E-state index in [4.69, 9.17) is 0 Å². The summed E-state index contributed by atoms with van der Waals surface area (Å²) in [4.78, 5) is 0. The Labute approximate surface area is 127 Å². The Bertz CT molecular complexity index is 313. The second-order valence-corrected chi connectivity index (χ2v) is 6.31. The van der Waals surface area contributed by atoms with E-state index in [1.54, 1.807) is 0 Å². The lowest BCUT2D eigenvalue weighted by Gasteiger charge is -2.04. The lowest BCUT2D eigenvalue weighted by molar-refractivity contribution is 0.531. The van der Waals surface area contributed by atoms with Crippen LogP contribution in [0.1, 0.15) is 97.3 Å². The first-order chi connectivity index (χ1) is 9.86. The van der Waals surface area contributed by atoms with Crippen molar-refractivity contribution < 1.29 is 0 Å². The van der Waals surface area contributed by atoms with E-state index in [1.807, 2.05) is 0 Å². The molecular formula is C20H34. The number of unbranched alkanes of at least 4 members (excludes halogenated alkanes) is 8. The van der Waals surface area contributed by atoms with Crippen LogP contribution >= 0.6 is 0 Å². The molecule has 1 atom stereocenters. The Hall–Kier alpha value is -0.700. The Kier molecular flexibility index (Phi) is 10.5. The minimum Gasteiger partial charge on any atom is -0.0982 e. The molecule has 0 saturated heterocycles. The third kappa shape index (κ3) is 8.47. The lowest BCUT2D eigenvalue weighted by Crippen LogP contribution is -1.90. The van der Waals surface area contributed by atoms with Gasteiger partial charge in [-0.1, -0.05) is 83.1 Å². The molecule has 0 spiro atoms. The van der Waals surface area contributed by atoms with E-state index in [0.717, 1.165) is 12.3 Å². The van der Waals surface area contributed by atoms with Crippen molar-refractivity contribution in [3.05, 3.63) is 11.6 Å². The van der Waals surface area contributed by atoms with Gasteiger partial charge in [-0.05, 0) is 37.2 Å². The van der Waals surface area contributed by atoms with Gasteiger partial charge in [0.25, 0.3) is 0 Å². The standard InChI is InChI=1S/C20H34/c1-3-5-7-8-9-10-11-13-15-20-17-16-19(18-20)14-12-6-4-2/h18-19H,3-12,14,16-17H2,1-2H3. The third-order valence-electron chi connectivity index (χ3n) is 4.30. The summed E-state index contributed by atoms with van der Waals surface area (Å²) in [5.74, 6) is 7.64. The first-order valence-electron chi connectivity index (χ1n) is 9.06. The van der Waals surface area contributed by atoms with Gasteiger partial charge < -0.3 is 0 Å². The molecule has 0 radical (unpaired) electrons. The molecule has 1 rings (SSSR count). The average Bonchev–Trinajstić information content (AvgIpc) is 2.90. The maximum Gasteiger partial charge on any atom is 0.00923 e. The maximum absolute atomic E-state index is 3.42. The molecule has 0 nitrogen and oxygen atoms in total. The molecule has 0 heteroatoms. The van der Waals surface area contributed by atoms with E-state index < -0.39 is 0 Å². The van der Waals surface area contributed by atoms with Gasteiger partial charge in [-0.15, -0.1) is 0 Å². The number of hydrogen-bond acceptors (Lipinski definition) is 0. The van der Waals surface area contributed by atoms with Crippen LogP contribution in [0.25, 0.3) is 0 Å². The molecule has 20 heavy (non-hydrogen) atoms. The highest BCUT2D eigenvalue weighted by Gasteiger charge is 2.13. The van der Waals surface area contributed by atoms with Gasteiger partial charge in [-0.25, -0.2) is 0 Å².